The van der Waals surface area contributed by atoms with E-state index in [2.05, 4.69) is 20.6 Å². The number of nitrogens with one attached hydrogen (secondary N) is 2. The highest BCUT2D eigenvalue weighted by atomic mass is 35.5. The maximum absolute atomic E-state index is 13.4. The minimum absolute atomic E-state index is 0.00105. The molecular weight excluding hydrogens is 419 g/mol. The van der Waals surface area contributed by atoms with E-state index in [0.717, 1.165) is 0 Å². The Bertz CT molecular complexity index is 1230. The molecule has 5 nitrogen and oxygen atoms in total. The molecule has 9 heteroatoms. The molecule has 0 aliphatic heterocycles. The molecule has 3 aromatic carbocycles. The van der Waals surface area contributed by atoms with Gasteiger partial charge in [-0.15, -0.1) is 0 Å². The van der Waals surface area contributed by atoms with E-state index in [0.29, 0.717) is 39.5 Å². The van der Waals surface area contributed by atoms with Gasteiger partial charge in [-0.1, -0.05) is 23.2 Å². The van der Waals surface area contributed by atoms with E-state index >= 15 is 0 Å². The van der Waals surface area contributed by atoms with Crippen molar-refractivity contribution in [2.24, 2.45) is 0 Å². The second kappa shape index (κ2) is 7.69. The van der Waals surface area contributed by atoms with Gasteiger partial charge in [-0.3, -0.25) is 0 Å². The van der Waals surface area contributed by atoms with Crippen LogP contribution in [0.25, 0.3) is 10.9 Å². The van der Waals surface area contributed by atoms with Gasteiger partial charge in [0.15, 0.2) is 0 Å². The fourth-order valence-corrected chi connectivity index (χ4v) is 3.13. The summed E-state index contributed by atoms with van der Waals surface area (Å²) in [6.45, 7) is 0. The van der Waals surface area contributed by atoms with Crippen molar-refractivity contribution in [3.05, 3.63) is 76.5 Å². The molecule has 0 atom stereocenters. The molecule has 29 heavy (non-hydrogen) atoms. The number of aromatic nitrogens is 2. The summed E-state index contributed by atoms with van der Waals surface area (Å²) in [5.74, 6) is -0.528. The van der Waals surface area contributed by atoms with Gasteiger partial charge in [0.1, 0.15) is 23.8 Å². The van der Waals surface area contributed by atoms with E-state index in [9.17, 15) is 8.78 Å². The summed E-state index contributed by atoms with van der Waals surface area (Å²) >= 11 is 11.7. The van der Waals surface area contributed by atoms with E-state index in [-0.39, 0.29) is 10.0 Å². The van der Waals surface area contributed by atoms with Crippen LogP contribution in [-0.4, -0.2) is 9.97 Å². The van der Waals surface area contributed by atoms with Gasteiger partial charge in [0, 0.05) is 16.8 Å². The molecular formula is C20H13Cl2F2N5. The Morgan fingerprint density at radius 1 is 0.793 bits per heavy atom. The molecule has 1 aromatic heterocycles. The van der Waals surface area contributed by atoms with Crippen molar-refractivity contribution in [3.63, 3.8) is 0 Å². The number of hydrogen-bond donors (Lipinski definition) is 3. The van der Waals surface area contributed by atoms with Gasteiger partial charge < -0.3 is 16.4 Å². The average Bonchev–Trinajstić information content (AvgIpc) is 2.69. The van der Waals surface area contributed by atoms with Gasteiger partial charge in [0.25, 0.3) is 0 Å². The van der Waals surface area contributed by atoms with Crippen molar-refractivity contribution >= 4 is 62.7 Å². The quantitative estimate of drug-likeness (QED) is 0.331. The summed E-state index contributed by atoms with van der Waals surface area (Å²) in [7, 11) is 0. The SMILES string of the molecule is Nc1cc2c(Nc3ccc(F)c(Cl)c3)ncnc2cc1Nc1ccc(F)c(Cl)c1. The van der Waals surface area contributed by atoms with Gasteiger partial charge in [-0.05, 0) is 48.5 Å². The van der Waals surface area contributed by atoms with Crippen LogP contribution in [0.15, 0.2) is 54.9 Å². The maximum Gasteiger partial charge on any atom is 0.141 e. The maximum atomic E-state index is 13.4. The fraction of sp³-hybridized carbons (Fsp3) is 0. The number of hydrogen-bond acceptors (Lipinski definition) is 5. The summed E-state index contributed by atoms with van der Waals surface area (Å²) in [6, 6.07) is 12.0. The predicted octanol–water partition coefficient (Wildman–Crippen LogP) is 6.28. The van der Waals surface area contributed by atoms with E-state index in [4.69, 9.17) is 28.9 Å². The van der Waals surface area contributed by atoms with E-state index in [1.165, 1.54) is 30.6 Å². The van der Waals surface area contributed by atoms with Crippen molar-refractivity contribution in [2.75, 3.05) is 16.4 Å². The zero-order valence-electron chi connectivity index (χ0n) is 14.7. The Hall–Kier alpha value is -3.16. The van der Waals surface area contributed by atoms with Crippen molar-refractivity contribution in [1.29, 1.82) is 0 Å². The summed E-state index contributed by atoms with van der Waals surface area (Å²) < 4.78 is 26.7. The van der Waals surface area contributed by atoms with Crippen LogP contribution >= 0.6 is 23.2 Å². The van der Waals surface area contributed by atoms with Crippen LogP contribution < -0.4 is 16.4 Å². The molecule has 146 valence electrons. The second-order valence-corrected chi connectivity index (χ2v) is 7.00. The Labute approximate surface area is 174 Å². The number of fused-ring (bicyclic) bond motifs is 1. The standard InChI is InChI=1S/C20H13Cl2F2N5/c21-13-5-10(1-3-15(13)23)28-19-8-18-12(7-17(19)25)20(27-9-26-18)29-11-2-4-16(24)14(22)6-11/h1-9,28H,25H2,(H,26,27,29). The molecule has 4 N–H and O–H groups in total. The lowest BCUT2D eigenvalue weighted by molar-refractivity contribution is 0.628. The van der Waals surface area contributed by atoms with Crippen LogP contribution in [0.3, 0.4) is 0 Å². The lowest BCUT2D eigenvalue weighted by Crippen LogP contribution is -2.00. The van der Waals surface area contributed by atoms with Crippen LogP contribution in [-0.2, 0) is 0 Å². The number of nitrogen functional groups attached to an aromatic ring is 1. The summed E-state index contributed by atoms with van der Waals surface area (Å²) in [4.78, 5) is 8.51. The smallest absolute Gasteiger partial charge is 0.141 e. The summed E-state index contributed by atoms with van der Waals surface area (Å²) in [5, 5.41) is 6.85. The van der Waals surface area contributed by atoms with Crippen molar-refractivity contribution < 1.29 is 8.78 Å². The summed E-state index contributed by atoms with van der Waals surface area (Å²) in [6.07, 6.45) is 1.39. The highest BCUT2D eigenvalue weighted by molar-refractivity contribution is 6.31. The number of benzene rings is 3. The molecule has 0 spiro atoms. The molecule has 0 amide bonds. The molecule has 0 aliphatic carbocycles. The first kappa shape index (κ1) is 19.2. The van der Waals surface area contributed by atoms with E-state index < -0.39 is 11.6 Å². The third-order valence-corrected chi connectivity index (χ3v) is 4.77. The Kier molecular flexibility index (Phi) is 5.08. The highest BCUT2D eigenvalue weighted by Crippen LogP contribution is 2.33. The minimum Gasteiger partial charge on any atom is -0.397 e. The topological polar surface area (TPSA) is 75.9 Å². The molecule has 0 fully saturated rings. The highest BCUT2D eigenvalue weighted by Gasteiger charge is 2.11. The average molecular weight is 432 g/mol. The van der Waals surface area contributed by atoms with Crippen LogP contribution in [0.4, 0.5) is 37.3 Å². The van der Waals surface area contributed by atoms with Crippen LogP contribution in [0.1, 0.15) is 0 Å². The van der Waals surface area contributed by atoms with Crippen LogP contribution in [0.2, 0.25) is 10.0 Å². The molecule has 0 saturated carbocycles. The largest absolute Gasteiger partial charge is 0.397 e. The number of halogens is 4. The number of rotatable bonds is 4. The Morgan fingerprint density at radius 2 is 1.41 bits per heavy atom. The zero-order chi connectivity index (χ0) is 20.5. The summed E-state index contributed by atoms with van der Waals surface area (Å²) in [5.41, 5.74) is 8.95. The van der Waals surface area contributed by atoms with Crippen molar-refractivity contribution in [3.8, 4) is 0 Å². The van der Waals surface area contributed by atoms with E-state index in [1.807, 2.05) is 0 Å². The van der Waals surface area contributed by atoms with Crippen molar-refractivity contribution in [1.82, 2.24) is 9.97 Å². The normalized spacial score (nSPS) is 10.9. The number of nitrogens with zero attached hydrogens (tertiary/aromatic N) is 2. The van der Waals surface area contributed by atoms with Gasteiger partial charge >= 0.3 is 0 Å². The monoisotopic (exact) mass is 431 g/mol. The first-order valence-electron chi connectivity index (χ1n) is 8.39. The molecule has 0 saturated heterocycles. The number of nitrogens with two attached hydrogens (primary N) is 1. The van der Waals surface area contributed by atoms with Crippen molar-refractivity contribution in [2.45, 2.75) is 0 Å². The minimum atomic E-state index is -0.509. The first-order chi connectivity index (χ1) is 13.9. The third kappa shape index (κ3) is 4.01. The second-order valence-electron chi connectivity index (χ2n) is 6.19. The Balaban J connectivity index is 1.69. The first-order valence-corrected chi connectivity index (χ1v) is 9.14. The van der Waals surface area contributed by atoms with Gasteiger partial charge in [-0.2, -0.15) is 0 Å². The van der Waals surface area contributed by atoms with Crippen LogP contribution in [0, 0.1) is 11.6 Å². The predicted molar refractivity (Wildman–Crippen MR) is 113 cm³/mol. The molecule has 4 rings (SSSR count). The van der Waals surface area contributed by atoms with E-state index in [1.54, 1.807) is 24.3 Å². The fourth-order valence-electron chi connectivity index (χ4n) is 2.77. The number of anilines is 5. The lowest BCUT2D eigenvalue weighted by Gasteiger charge is -2.13. The van der Waals surface area contributed by atoms with Gasteiger partial charge in [0.05, 0.1) is 26.9 Å². The molecule has 0 aliphatic rings. The molecule has 0 radical (unpaired) electrons. The van der Waals surface area contributed by atoms with Crippen LogP contribution in [0.5, 0.6) is 0 Å². The molecule has 1 heterocycles. The molecule has 0 bridgehead atoms. The van der Waals surface area contributed by atoms with Gasteiger partial charge in [-0.25, -0.2) is 18.7 Å². The van der Waals surface area contributed by atoms with Gasteiger partial charge in [0.2, 0.25) is 0 Å². The molecule has 4 aromatic rings. The Morgan fingerprint density at radius 3 is 2.03 bits per heavy atom. The molecule has 0 unspecified atom stereocenters. The zero-order valence-corrected chi connectivity index (χ0v) is 16.2. The lowest BCUT2D eigenvalue weighted by atomic mass is 10.1. The third-order valence-electron chi connectivity index (χ3n) is 4.19.